The molecule has 3 amide bonds. The number of carbonyl (C=O) groups excluding carboxylic acids is 4. The molecule has 1 aliphatic carbocycles. The van der Waals surface area contributed by atoms with Crippen LogP contribution < -0.4 is 21.1 Å². The van der Waals surface area contributed by atoms with Crippen molar-refractivity contribution >= 4 is 52.0 Å². The second-order valence-corrected chi connectivity index (χ2v) is 14.4. The van der Waals surface area contributed by atoms with Crippen LogP contribution in [0.25, 0.3) is 11.0 Å². The number of rotatable bonds is 8. The first-order valence-corrected chi connectivity index (χ1v) is 18.1. The molecule has 14 nitrogen and oxygen atoms in total. The van der Waals surface area contributed by atoms with Crippen molar-refractivity contribution in [1.82, 2.24) is 34.6 Å². The molecule has 0 bridgehead atoms. The van der Waals surface area contributed by atoms with Gasteiger partial charge in [0.2, 0.25) is 17.8 Å². The number of carbonyl (C=O) groups is 4. The van der Waals surface area contributed by atoms with E-state index in [4.69, 9.17) is 4.98 Å². The van der Waals surface area contributed by atoms with Gasteiger partial charge in [0.1, 0.15) is 23.3 Å². The Morgan fingerprint density at radius 3 is 2.47 bits per heavy atom. The number of benzene rings is 1. The number of pyridine rings is 2. The zero-order valence-electron chi connectivity index (χ0n) is 29.7. The number of imide groups is 1. The first-order valence-electron chi connectivity index (χ1n) is 18.1. The van der Waals surface area contributed by atoms with E-state index < -0.39 is 23.7 Å². The Labute approximate surface area is 304 Å². The van der Waals surface area contributed by atoms with Crippen LogP contribution in [0.1, 0.15) is 88.9 Å². The molecule has 15 heteroatoms. The van der Waals surface area contributed by atoms with Gasteiger partial charge in [-0.05, 0) is 68.5 Å². The van der Waals surface area contributed by atoms with Gasteiger partial charge in [-0.15, -0.1) is 0 Å². The van der Waals surface area contributed by atoms with Gasteiger partial charge in [-0.2, -0.15) is 4.98 Å². The normalized spacial score (nSPS) is 19.6. The number of anilines is 3. The van der Waals surface area contributed by atoms with Crippen molar-refractivity contribution in [1.29, 1.82) is 0 Å². The summed E-state index contributed by atoms with van der Waals surface area (Å²) in [4.78, 5) is 82.7. The predicted molar refractivity (Wildman–Crippen MR) is 193 cm³/mol. The zero-order valence-corrected chi connectivity index (χ0v) is 29.7. The Kier molecular flexibility index (Phi) is 8.96. The van der Waals surface area contributed by atoms with Gasteiger partial charge in [-0.1, -0.05) is 12.8 Å². The van der Waals surface area contributed by atoms with Crippen LogP contribution in [0.4, 0.5) is 21.8 Å². The average molecular weight is 722 g/mol. The van der Waals surface area contributed by atoms with Crippen LogP contribution in [0.3, 0.4) is 0 Å². The Morgan fingerprint density at radius 2 is 1.77 bits per heavy atom. The fourth-order valence-corrected chi connectivity index (χ4v) is 8.24. The second kappa shape index (κ2) is 13.8. The molecule has 4 aliphatic rings. The standard InChI is InChI=1S/C38H40FN9O5/c1-21-28-18-41-38(44-34(28)48(25-5-3-4-6-25)37(53)33(21)22(2)49)42-31-9-7-26(17-40-31)46-13-11-45(12-14-46)19-24-15-23-20-47(36(52)27(23)16-29(24)39)30-8-10-32(50)43-35(30)51/h7,9,15-18,25,30H,3-6,8,10-14,19-20H2,1-2H3,(H,43,50,51)(H,40,41,42,44). The van der Waals surface area contributed by atoms with Crippen LogP contribution >= 0.6 is 0 Å². The van der Waals surface area contributed by atoms with Crippen molar-refractivity contribution < 1.29 is 23.6 Å². The van der Waals surface area contributed by atoms with E-state index in [0.717, 1.165) is 31.4 Å². The van der Waals surface area contributed by atoms with Gasteiger partial charge in [0.05, 0.1) is 17.4 Å². The summed E-state index contributed by atoms with van der Waals surface area (Å²) in [6.07, 6.45) is 7.63. The van der Waals surface area contributed by atoms with Crippen molar-refractivity contribution in [3.63, 3.8) is 0 Å². The van der Waals surface area contributed by atoms with Gasteiger partial charge in [0.25, 0.3) is 11.5 Å². The SMILES string of the molecule is CC(=O)c1c(C)c2cnc(Nc3ccc(N4CCN(Cc5cc6c(cc5F)C(=O)N(C5CCC(=O)NC5=O)C6)CC4)cn3)nc2n(C2CCCC2)c1=O. The van der Waals surface area contributed by atoms with Crippen molar-refractivity contribution in [2.24, 2.45) is 0 Å². The lowest BCUT2D eigenvalue weighted by Crippen LogP contribution is -2.52. The Balaban J connectivity index is 0.910. The number of fused-ring (bicyclic) bond motifs is 2. The summed E-state index contributed by atoms with van der Waals surface area (Å²) in [5.41, 5.74) is 3.39. The molecule has 6 heterocycles. The summed E-state index contributed by atoms with van der Waals surface area (Å²) in [7, 11) is 0. The molecule has 0 spiro atoms. The number of amides is 3. The van der Waals surface area contributed by atoms with E-state index in [1.807, 2.05) is 12.1 Å². The van der Waals surface area contributed by atoms with E-state index in [1.54, 1.807) is 30.0 Å². The maximum Gasteiger partial charge on any atom is 0.263 e. The fraction of sp³-hybridized carbons (Fsp3) is 0.421. The number of piperazine rings is 1. The van der Waals surface area contributed by atoms with Crippen LogP contribution in [-0.4, -0.2) is 85.0 Å². The summed E-state index contributed by atoms with van der Waals surface area (Å²) in [6.45, 7) is 6.57. The number of halogens is 1. The number of Topliss-reactive ketones (excluding diaryl/α,β-unsaturated/α-hetero) is 1. The number of aryl methyl sites for hydroxylation is 1. The Morgan fingerprint density at radius 1 is 1.00 bits per heavy atom. The molecule has 3 fully saturated rings. The highest BCUT2D eigenvalue weighted by atomic mass is 19.1. The average Bonchev–Trinajstić information content (AvgIpc) is 3.77. The molecule has 1 atom stereocenters. The van der Waals surface area contributed by atoms with E-state index in [-0.39, 0.29) is 53.8 Å². The molecular weight excluding hydrogens is 681 g/mol. The largest absolute Gasteiger partial charge is 0.368 e. The van der Waals surface area contributed by atoms with Crippen molar-refractivity contribution in [3.8, 4) is 0 Å². The molecule has 2 N–H and O–H groups in total. The number of piperidine rings is 1. The van der Waals surface area contributed by atoms with E-state index in [9.17, 15) is 24.0 Å². The summed E-state index contributed by atoms with van der Waals surface area (Å²) in [5.74, 6) is -1.10. The molecule has 1 saturated carbocycles. The number of hydrogen-bond acceptors (Lipinski definition) is 11. The van der Waals surface area contributed by atoms with E-state index in [0.29, 0.717) is 72.2 Å². The minimum atomic E-state index is -0.743. The molecule has 4 aromatic rings. The molecule has 0 radical (unpaired) electrons. The fourth-order valence-electron chi connectivity index (χ4n) is 8.24. The van der Waals surface area contributed by atoms with Gasteiger partial charge >= 0.3 is 0 Å². The van der Waals surface area contributed by atoms with Crippen LogP contribution in [0.5, 0.6) is 0 Å². The third-order valence-electron chi connectivity index (χ3n) is 11.1. The maximum absolute atomic E-state index is 15.3. The highest BCUT2D eigenvalue weighted by molar-refractivity contribution is 6.05. The Bertz CT molecular complexity index is 2230. The smallest absolute Gasteiger partial charge is 0.263 e. The lowest BCUT2D eigenvalue weighted by atomic mass is 10.0. The molecule has 1 unspecified atom stereocenters. The highest BCUT2D eigenvalue weighted by Gasteiger charge is 2.39. The lowest BCUT2D eigenvalue weighted by Gasteiger charge is -2.36. The van der Waals surface area contributed by atoms with Crippen molar-refractivity contribution in [2.75, 3.05) is 36.4 Å². The minimum absolute atomic E-state index is 0.0137. The number of hydrogen-bond donors (Lipinski definition) is 2. The summed E-state index contributed by atoms with van der Waals surface area (Å²) in [6, 6.07) is 6.07. The molecule has 3 aliphatic heterocycles. The second-order valence-electron chi connectivity index (χ2n) is 14.4. The molecule has 2 saturated heterocycles. The third kappa shape index (κ3) is 6.43. The minimum Gasteiger partial charge on any atom is -0.368 e. The monoisotopic (exact) mass is 721 g/mol. The first kappa shape index (κ1) is 34.5. The molecule has 53 heavy (non-hydrogen) atoms. The van der Waals surface area contributed by atoms with E-state index >= 15 is 4.39 Å². The van der Waals surface area contributed by atoms with Crippen LogP contribution in [-0.2, 0) is 22.7 Å². The van der Waals surface area contributed by atoms with Gasteiger partial charge in [-0.3, -0.25) is 38.8 Å². The first-order chi connectivity index (χ1) is 25.5. The predicted octanol–water partition coefficient (Wildman–Crippen LogP) is 3.78. The van der Waals surface area contributed by atoms with Gasteiger partial charge in [0.15, 0.2) is 5.78 Å². The topological polar surface area (TPSA) is 163 Å². The van der Waals surface area contributed by atoms with E-state index in [1.165, 1.54) is 17.9 Å². The number of nitrogens with zero attached hydrogens (tertiary/aromatic N) is 7. The number of ketones is 1. The van der Waals surface area contributed by atoms with Gasteiger partial charge < -0.3 is 15.1 Å². The molecule has 1 aromatic carbocycles. The summed E-state index contributed by atoms with van der Waals surface area (Å²) < 4.78 is 17.0. The maximum atomic E-state index is 15.3. The molecule has 3 aromatic heterocycles. The van der Waals surface area contributed by atoms with Crippen LogP contribution in [0.2, 0.25) is 0 Å². The van der Waals surface area contributed by atoms with Crippen LogP contribution in [0, 0.1) is 12.7 Å². The molecule has 8 rings (SSSR count). The van der Waals surface area contributed by atoms with E-state index in [2.05, 4.69) is 30.4 Å². The highest BCUT2D eigenvalue weighted by Crippen LogP contribution is 2.33. The lowest BCUT2D eigenvalue weighted by molar-refractivity contribution is -0.136. The van der Waals surface area contributed by atoms with Gasteiger partial charge in [0, 0.05) is 74.4 Å². The summed E-state index contributed by atoms with van der Waals surface area (Å²) in [5, 5.41) is 6.15. The van der Waals surface area contributed by atoms with Crippen LogP contribution in [0.15, 0.2) is 41.5 Å². The number of aromatic nitrogens is 4. The third-order valence-corrected chi connectivity index (χ3v) is 11.1. The quantitative estimate of drug-likeness (QED) is 0.201. The number of nitrogens with one attached hydrogen (secondary N) is 2. The molecule has 274 valence electrons. The van der Waals surface area contributed by atoms with Crippen molar-refractivity contribution in [2.45, 2.75) is 77.5 Å². The van der Waals surface area contributed by atoms with Crippen molar-refractivity contribution in [3.05, 3.63) is 80.6 Å². The zero-order chi connectivity index (χ0) is 37.0. The van der Waals surface area contributed by atoms with Gasteiger partial charge in [-0.25, -0.2) is 14.4 Å². The Hall–Kier alpha value is -5.57. The molecular formula is C38H40FN9O5. The summed E-state index contributed by atoms with van der Waals surface area (Å²) >= 11 is 0.